The molecule has 0 unspecified atom stereocenters. The molecule has 2 aromatic carbocycles. The second-order valence-corrected chi connectivity index (χ2v) is 8.60. The van der Waals surface area contributed by atoms with E-state index in [-0.39, 0.29) is 16.4 Å². The molecule has 1 amide bonds. The predicted molar refractivity (Wildman–Crippen MR) is 107 cm³/mol. The number of anilines is 1. The van der Waals surface area contributed by atoms with Crippen LogP contribution < -0.4 is 10.1 Å². The average Bonchev–Trinajstić information content (AvgIpc) is 2.64. The first kappa shape index (κ1) is 20.9. The molecule has 0 heterocycles. The molecule has 7 heteroatoms. The number of amides is 1. The van der Waals surface area contributed by atoms with Crippen molar-refractivity contribution in [3.63, 3.8) is 0 Å². The van der Waals surface area contributed by atoms with Gasteiger partial charge in [-0.2, -0.15) is 0 Å². The normalized spacial score (nSPS) is 11.4. The van der Waals surface area contributed by atoms with Gasteiger partial charge < -0.3 is 10.1 Å². The van der Waals surface area contributed by atoms with E-state index in [1.807, 2.05) is 19.1 Å². The lowest BCUT2D eigenvalue weighted by Gasteiger charge is -2.13. The van der Waals surface area contributed by atoms with Crippen molar-refractivity contribution in [3.8, 4) is 5.75 Å². The lowest BCUT2D eigenvalue weighted by molar-refractivity contribution is 0.102. The summed E-state index contributed by atoms with van der Waals surface area (Å²) in [6.07, 6.45) is 2.06. The number of benzene rings is 2. The van der Waals surface area contributed by atoms with Gasteiger partial charge in [-0.15, -0.1) is 0 Å². The third-order valence-corrected chi connectivity index (χ3v) is 5.90. The van der Waals surface area contributed by atoms with Gasteiger partial charge in [-0.25, -0.2) is 12.7 Å². The SMILES string of the molecule is CCCCOc1ccc(NC(=O)c2cccc(S(=O)(=O)N(C)C)c2)c(C)c1. The largest absolute Gasteiger partial charge is 0.494 e. The van der Waals surface area contributed by atoms with Crippen molar-refractivity contribution < 1.29 is 17.9 Å². The third-order valence-electron chi connectivity index (χ3n) is 4.09. The molecular weight excluding hydrogens is 364 g/mol. The van der Waals surface area contributed by atoms with Crippen LogP contribution in [0.5, 0.6) is 5.75 Å². The highest BCUT2D eigenvalue weighted by atomic mass is 32.2. The molecule has 0 fully saturated rings. The molecule has 2 aromatic rings. The molecule has 27 heavy (non-hydrogen) atoms. The van der Waals surface area contributed by atoms with Crippen molar-refractivity contribution in [1.29, 1.82) is 0 Å². The van der Waals surface area contributed by atoms with E-state index in [2.05, 4.69) is 12.2 Å². The molecule has 0 aliphatic carbocycles. The van der Waals surface area contributed by atoms with Crippen LogP contribution in [0.4, 0.5) is 5.69 Å². The van der Waals surface area contributed by atoms with Crippen LogP contribution in [-0.4, -0.2) is 39.3 Å². The first-order valence-electron chi connectivity index (χ1n) is 8.83. The van der Waals surface area contributed by atoms with E-state index in [4.69, 9.17) is 4.74 Å². The van der Waals surface area contributed by atoms with Crippen molar-refractivity contribution in [2.45, 2.75) is 31.6 Å². The quantitative estimate of drug-likeness (QED) is 0.698. The Labute approximate surface area is 161 Å². The van der Waals surface area contributed by atoms with Gasteiger partial charge in [0.15, 0.2) is 0 Å². The fourth-order valence-corrected chi connectivity index (χ4v) is 3.35. The summed E-state index contributed by atoms with van der Waals surface area (Å²) in [5, 5.41) is 2.83. The fraction of sp³-hybridized carbons (Fsp3) is 0.350. The number of nitrogens with zero attached hydrogens (tertiary/aromatic N) is 1. The average molecular weight is 391 g/mol. The summed E-state index contributed by atoms with van der Waals surface area (Å²) < 4.78 is 31.3. The molecule has 146 valence electrons. The topological polar surface area (TPSA) is 75.7 Å². The Morgan fingerprint density at radius 2 is 1.89 bits per heavy atom. The summed E-state index contributed by atoms with van der Waals surface area (Å²) in [4.78, 5) is 12.6. The van der Waals surface area contributed by atoms with Crippen molar-refractivity contribution in [2.24, 2.45) is 0 Å². The third kappa shape index (κ3) is 5.30. The van der Waals surface area contributed by atoms with Crippen LogP contribution in [0.2, 0.25) is 0 Å². The molecule has 0 aliphatic rings. The van der Waals surface area contributed by atoms with Crippen LogP contribution in [-0.2, 0) is 10.0 Å². The van der Waals surface area contributed by atoms with Gasteiger partial charge in [-0.05, 0) is 55.3 Å². The summed E-state index contributed by atoms with van der Waals surface area (Å²) >= 11 is 0. The van der Waals surface area contributed by atoms with Gasteiger partial charge in [0.25, 0.3) is 5.91 Å². The fourth-order valence-electron chi connectivity index (χ4n) is 2.40. The maximum absolute atomic E-state index is 12.6. The molecule has 0 atom stereocenters. The number of carbonyl (C=O) groups is 1. The minimum Gasteiger partial charge on any atom is -0.494 e. The molecule has 0 radical (unpaired) electrons. The van der Waals surface area contributed by atoms with Crippen molar-refractivity contribution in [3.05, 3.63) is 53.6 Å². The van der Waals surface area contributed by atoms with Gasteiger partial charge in [0.2, 0.25) is 10.0 Å². The van der Waals surface area contributed by atoms with Crippen molar-refractivity contribution in [1.82, 2.24) is 4.31 Å². The Morgan fingerprint density at radius 1 is 1.15 bits per heavy atom. The van der Waals surface area contributed by atoms with Crippen LogP contribution in [0, 0.1) is 6.92 Å². The number of rotatable bonds is 8. The maximum atomic E-state index is 12.6. The molecule has 0 saturated heterocycles. The Balaban J connectivity index is 2.16. The van der Waals surface area contributed by atoms with Crippen LogP contribution in [0.3, 0.4) is 0 Å². The zero-order valence-electron chi connectivity index (χ0n) is 16.2. The van der Waals surface area contributed by atoms with Gasteiger partial charge in [0.05, 0.1) is 11.5 Å². The molecule has 1 N–H and O–H groups in total. The van der Waals surface area contributed by atoms with E-state index in [9.17, 15) is 13.2 Å². The standard InChI is InChI=1S/C20H26N2O4S/c1-5-6-12-26-17-10-11-19(15(2)13-17)21-20(23)16-8-7-9-18(14-16)27(24,25)22(3)4/h7-11,13-14H,5-6,12H2,1-4H3,(H,21,23). The molecule has 2 rings (SSSR count). The van der Waals surface area contributed by atoms with Crippen LogP contribution in [0.1, 0.15) is 35.7 Å². The second-order valence-electron chi connectivity index (χ2n) is 6.45. The van der Waals surface area contributed by atoms with E-state index < -0.39 is 10.0 Å². The van der Waals surface area contributed by atoms with E-state index in [0.717, 1.165) is 28.5 Å². The van der Waals surface area contributed by atoms with Crippen LogP contribution in [0.25, 0.3) is 0 Å². The number of nitrogens with one attached hydrogen (secondary N) is 1. The molecule has 0 saturated carbocycles. The summed E-state index contributed by atoms with van der Waals surface area (Å²) in [7, 11) is -0.686. The lowest BCUT2D eigenvalue weighted by atomic mass is 10.1. The Bertz CT molecular complexity index is 908. The van der Waals surface area contributed by atoms with E-state index in [0.29, 0.717) is 12.3 Å². The number of unbranched alkanes of at least 4 members (excludes halogenated alkanes) is 1. The smallest absolute Gasteiger partial charge is 0.255 e. The first-order valence-corrected chi connectivity index (χ1v) is 10.3. The first-order chi connectivity index (χ1) is 12.8. The monoisotopic (exact) mass is 390 g/mol. The van der Waals surface area contributed by atoms with Gasteiger partial charge in [0.1, 0.15) is 5.75 Å². The molecule has 0 spiro atoms. The molecule has 6 nitrogen and oxygen atoms in total. The summed E-state index contributed by atoms with van der Waals surface area (Å²) in [6.45, 7) is 4.65. The lowest BCUT2D eigenvalue weighted by Crippen LogP contribution is -2.22. The highest BCUT2D eigenvalue weighted by Gasteiger charge is 2.19. The Hall–Kier alpha value is -2.38. The number of carbonyl (C=O) groups excluding carboxylic acids is 1. The zero-order valence-corrected chi connectivity index (χ0v) is 17.0. The maximum Gasteiger partial charge on any atom is 0.255 e. The van der Waals surface area contributed by atoms with Crippen LogP contribution >= 0.6 is 0 Å². The van der Waals surface area contributed by atoms with Crippen LogP contribution in [0.15, 0.2) is 47.4 Å². The highest BCUT2D eigenvalue weighted by Crippen LogP contribution is 2.23. The van der Waals surface area contributed by atoms with Crippen molar-refractivity contribution in [2.75, 3.05) is 26.0 Å². The van der Waals surface area contributed by atoms with Gasteiger partial charge >= 0.3 is 0 Å². The summed E-state index contributed by atoms with van der Waals surface area (Å²) in [5.74, 6) is 0.395. The van der Waals surface area contributed by atoms with E-state index in [1.165, 1.54) is 26.2 Å². The molecule has 0 bridgehead atoms. The Morgan fingerprint density at radius 3 is 2.52 bits per heavy atom. The number of hydrogen-bond donors (Lipinski definition) is 1. The number of aryl methyl sites for hydroxylation is 1. The minimum absolute atomic E-state index is 0.0801. The number of sulfonamides is 1. The van der Waals surface area contributed by atoms with Gasteiger partial charge in [0, 0.05) is 25.3 Å². The van der Waals surface area contributed by atoms with E-state index in [1.54, 1.807) is 18.2 Å². The molecule has 0 aliphatic heterocycles. The zero-order chi connectivity index (χ0) is 20.0. The second kappa shape index (κ2) is 9.01. The Kier molecular flexibility index (Phi) is 6.98. The number of hydrogen-bond acceptors (Lipinski definition) is 4. The predicted octanol–water partition coefficient (Wildman–Crippen LogP) is 3.68. The highest BCUT2D eigenvalue weighted by molar-refractivity contribution is 7.89. The van der Waals surface area contributed by atoms with Crippen molar-refractivity contribution >= 4 is 21.6 Å². The van der Waals surface area contributed by atoms with E-state index >= 15 is 0 Å². The van der Waals surface area contributed by atoms with Gasteiger partial charge in [-0.3, -0.25) is 4.79 Å². The summed E-state index contributed by atoms with van der Waals surface area (Å²) in [5.41, 5.74) is 1.80. The molecular formula is C20H26N2O4S. The molecule has 0 aromatic heterocycles. The summed E-state index contributed by atoms with van der Waals surface area (Å²) in [6, 6.07) is 11.5. The minimum atomic E-state index is -3.59. The number of ether oxygens (including phenoxy) is 1. The van der Waals surface area contributed by atoms with Gasteiger partial charge in [-0.1, -0.05) is 19.4 Å².